The number of likely N-dealkylation sites (tertiary alicyclic amines) is 1. The second-order valence-corrected chi connectivity index (χ2v) is 13.7. The molecule has 0 spiro atoms. The van der Waals surface area contributed by atoms with Crippen LogP contribution < -0.4 is 0 Å². The summed E-state index contributed by atoms with van der Waals surface area (Å²) in [6.07, 6.45) is 1.08. The molecule has 2 fully saturated rings. The third-order valence-corrected chi connectivity index (χ3v) is 10.4. The first-order chi connectivity index (χ1) is 13.8. The molecule has 0 aromatic heterocycles. The van der Waals surface area contributed by atoms with Gasteiger partial charge in [0.25, 0.3) is 0 Å². The smallest absolute Gasteiger partial charge is 0.308 e. The van der Waals surface area contributed by atoms with Crippen molar-refractivity contribution in [3.8, 4) is 0 Å². The Morgan fingerprint density at radius 1 is 1.07 bits per heavy atom. The van der Waals surface area contributed by atoms with Gasteiger partial charge in [-0.05, 0) is 49.0 Å². The third kappa shape index (κ3) is 4.73. The van der Waals surface area contributed by atoms with Crippen LogP contribution in [0.25, 0.3) is 0 Å². The molecule has 0 radical (unpaired) electrons. The van der Waals surface area contributed by atoms with E-state index in [4.69, 9.17) is 4.74 Å². The Labute approximate surface area is 179 Å². The van der Waals surface area contributed by atoms with Crippen molar-refractivity contribution in [2.45, 2.75) is 55.2 Å². The van der Waals surface area contributed by atoms with Gasteiger partial charge in [0.2, 0.25) is 0 Å². The molecule has 2 aliphatic rings. The molecule has 2 saturated heterocycles. The fourth-order valence-electron chi connectivity index (χ4n) is 4.39. The van der Waals surface area contributed by atoms with Crippen molar-refractivity contribution >= 4 is 25.6 Å². The molecule has 2 aliphatic heterocycles. The number of esters is 1. The van der Waals surface area contributed by atoms with Crippen LogP contribution in [0.4, 0.5) is 0 Å². The highest BCUT2D eigenvalue weighted by atomic mass is 32.2. The Hall–Kier alpha value is -1.45. The normalized spacial score (nSPS) is 25.9. The maximum atomic E-state index is 13.4. The molecule has 1 aromatic carbocycles. The zero-order valence-electron chi connectivity index (χ0n) is 18.0. The van der Waals surface area contributed by atoms with Gasteiger partial charge in [-0.2, -0.15) is 0 Å². The number of hydrogen-bond acceptors (Lipinski definition) is 7. The molecule has 168 valence electrons. The quantitative estimate of drug-likeness (QED) is 0.636. The number of rotatable bonds is 4. The first-order valence-corrected chi connectivity index (χ1v) is 13.6. The van der Waals surface area contributed by atoms with Gasteiger partial charge in [-0.3, -0.25) is 9.69 Å². The molecule has 9 heteroatoms. The van der Waals surface area contributed by atoms with Crippen molar-refractivity contribution in [1.29, 1.82) is 0 Å². The number of benzene rings is 1. The fraction of sp³-hybridized carbons (Fsp3) is 0.667. The Kier molecular flexibility index (Phi) is 6.38. The summed E-state index contributed by atoms with van der Waals surface area (Å²) in [7, 11) is -5.93. The third-order valence-electron chi connectivity index (χ3n) is 6.25. The van der Waals surface area contributed by atoms with Gasteiger partial charge in [0.1, 0.15) is 0 Å². The number of piperidine rings is 1. The van der Waals surface area contributed by atoms with E-state index in [1.807, 2.05) is 25.7 Å². The van der Waals surface area contributed by atoms with Gasteiger partial charge in [-0.1, -0.05) is 32.9 Å². The molecule has 0 unspecified atom stereocenters. The van der Waals surface area contributed by atoms with Gasteiger partial charge in [-0.15, -0.1) is 0 Å². The highest BCUT2D eigenvalue weighted by Crippen LogP contribution is 2.32. The van der Waals surface area contributed by atoms with E-state index in [1.165, 1.54) is 7.11 Å². The summed E-state index contributed by atoms with van der Waals surface area (Å²) in [5.74, 6) is -1.02. The molecule has 0 amide bonds. The monoisotopic (exact) mass is 457 g/mol. The topological polar surface area (TPSA) is 97.8 Å². The largest absolute Gasteiger partial charge is 0.469 e. The van der Waals surface area contributed by atoms with Crippen LogP contribution in [0.15, 0.2) is 29.2 Å². The molecule has 0 N–H and O–H groups in total. The zero-order chi connectivity index (χ0) is 22.3. The maximum absolute atomic E-state index is 13.4. The van der Waals surface area contributed by atoms with Crippen molar-refractivity contribution in [2.24, 2.45) is 5.92 Å². The SMILES string of the molecule is COC(=O)C1CCN([C@H]2CS(=O)(=O)C[C@@H]2S(=O)(=O)c2ccc(C(C)(C)C)cc2)CC1. The molecule has 0 bridgehead atoms. The van der Waals surface area contributed by atoms with Crippen LogP contribution in [0.3, 0.4) is 0 Å². The molecule has 0 saturated carbocycles. The molecule has 3 rings (SSSR count). The molecular formula is C21H31NO6S2. The summed E-state index contributed by atoms with van der Waals surface area (Å²) in [5, 5.41) is -1.00. The summed E-state index contributed by atoms with van der Waals surface area (Å²) in [4.78, 5) is 13.9. The van der Waals surface area contributed by atoms with Crippen LogP contribution in [0.1, 0.15) is 39.2 Å². The summed E-state index contributed by atoms with van der Waals surface area (Å²) >= 11 is 0. The highest BCUT2D eigenvalue weighted by molar-refractivity contribution is 7.96. The van der Waals surface area contributed by atoms with Gasteiger partial charge < -0.3 is 4.74 Å². The van der Waals surface area contributed by atoms with Crippen molar-refractivity contribution in [3.05, 3.63) is 29.8 Å². The second kappa shape index (κ2) is 8.24. The van der Waals surface area contributed by atoms with Crippen LogP contribution in [0, 0.1) is 5.92 Å². The van der Waals surface area contributed by atoms with Crippen LogP contribution in [-0.4, -0.2) is 70.7 Å². The second-order valence-electron chi connectivity index (χ2n) is 9.34. The predicted octanol–water partition coefficient (Wildman–Crippen LogP) is 1.81. The number of methoxy groups -OCH3 is 1. The van der Waals surface area contributed by atoms with Gasteiger partial charge in [-0.25, -0.2) is 16.8 Å². The highest BCUT2D eigenvalue weighted by Gasteiger charge is 2.49. The predicted molar refractivity (Wildman–Crippen MR) is 115 cm³/mol. The lowest BCUT2D eigenvalue weighted by Gasteiger charge is -2.36. The van der Waals surface area contributed by atoms with Crippen molar-refractivity contribution in [1.82, 2.24) is 4.90 Å². The lowest BCUT2D eigenvalue weighted by atomic mass is 9.87. The molecule has 30 heavy (non-hydrogen) atoms. The van der Waals surface area contributed by atoms with Crippen LogP contribution in [0.2, 0.25) is 0 Å². The minimum atomic E-state index is -3.82. The van der Waals surface area contributed by atoms with E-state index in [-0.39, 0.29) is 33.7 Å². The summed E-state index contributed by atoms with van der Waals surface area (Å²) in [5.41, 5.74) is 0.910. The van der Waals surface area contributed by atoms with Gasteiger partial charge >= 0.3 is 5.97 Å². The lowest BCUT2D eigenvalue weighted by molar-refractivity contribution is -0.147. The van der Waals surface area contributed by atoms with E-state index in [9.17, 15) is 21.6 Å². The zero-order valence-corrected chi connectivity index (χ0v) is 19.6. The van der Waals surface area contributed by atoms with Crippen LogP contribution in [0.5, 0.6) is 0 Å². The molecular weight excluding hydrogens is 426 g/mol. The summed E-state index contributed by atoms with van der Waals surface area (Å²) in [6, 6.07) is 6.17. The summed E-state index contributed by atoms with van der Waals surface area (Å²) in [6.45, 7) is 7.11. The van der Waals surface area contributed by atoms with Crippen molar-refractivity contribution in [2.75, 3.05) is 31.7 Å². The molecule has 2 atom stereocenters. The van der Waals surface area contributed by atoms with E-state index < -0.39 is 31.0 Å². The van der Waals surface area contributed by atoms with E-state index in [2.05, 4.69) is 0 Å². The van der Waals surface area contributed by atoms with E-state index in [0.717, 1.165) is 5.56 Å². The first-order valence-electron chi connectivity index (χ1n) is 10.2. The molecule has 1 aromatic rings. The Bertz CT molecular complexity index is 985. The Morgan fingerprint density at radius 2 is 1.63 bits per heavy atom. The van der Waals surface area contributed by atoms with Crippen molar-refractivity contribution < 1.29 is 26.4 Å². The van der Waals surface area contributed by atoms with Crippen LogP contribution in [-0.2, 0) is 34.6 Å². The van der Waals surface area contributed by atoms with E-state index >= 15 is 0 Å². The number of sulfone groups is 2. The van der Waals surface area contributed by atoms with Gasteiger partial charge in [0.05, 0.1) is 34.7 Å². The summed E-state index contributed by atoms with van der Waals surface area (Å²) < 4.78 is 56.4. The average molecular weight is 458 g/mol. The standard InChI is InChI=1S/C21H31NO6S2/c1-21(2,3)16-5-7-17(8-6-16)30(26,27)19-14-29(24,25)13-18(19)22-11-9-15(10-12-22)20(23)28-4/h5-8,15,18-19H,9-14H2,1-4H3/t18-,19-/m0/s1. The number of nitrogens with zero attached hydrogens (tertiary/aromatic N) is 1. The lowest BCUT2D eigenvalue weighted by Crippen LogP contribution is -2.50. The first kappa shape index (κ1) is 23.2. The van der Waals surface area contributed by atoms with E-state index in [1.54, 1.807) is 24.3 Å². The maximum Gasteiger partial charge on any atom is 0.308 e. The number of ether oxygens (including phenoxy) is 1. The number of hydrogen-bond donors (Lipinski definition) is 0. The molecule has 2 heterocycles. The number of carbonyl (C=O) groups is 1. The average Bonchev–Trinajstić information content (AvgIpc) is 3.03. The Balaban J connectivity index is 1.84. The van der Waals surface area contributed by atoms with Crippen LogP contribution >= 0.6 is 0 Å². The number of carbonyl (C=O) groups excluding carboxylic acids is 1. The fourth-order valence-corrected chi connectivity index (χ4v) is 9.22. The minimum absolute atomic E-state index is 0.106. The van der Waals surface area contributed by atoms with Gasteiger partial charge in [0.15, 0.2) is 19.7 Å². The molecule has 7 nitrogen and oxygen atoms in total. The minimum Gasteiger partial charge on any atom is -0.469 e. The van der Waals surface area contributed by atoms with Gasteiger partial charge in [0, 0.05) is 6.04 Å². The molecule has 0 aliphatic carbocycles. The van der Waals surface area contributed by atoms with E-state index in [0.29, 0.717) is 25.9 Å². The van der Waals surface area contributed by atoms with Crippen molar-refractivity contribution in [3.63, 3.8) is 0 Å². The Morgan fingerprint density at radius 3 is 2.13 bits per heavy atom.